The molecule has 0 aromatic carbocycles. The van der Waals surface area contributed by atoms with Gasteiger partial charge in [0.25, 0.3) is 0 Å². The van der Waals surface area contributed by atoms with Gasteiger partial charge in [0.05, 0.1) is 23.2 Å². The fraction of sp³-hybridized carbons (Fsp3) is 0.250. The Morgan fingerprint density at radius 2 is 1.72 bits per heavy atom. The van der Waals surface area contributed by atoms with Crippen LogP contribution in [0.15, 0.2) is 28.4 Å². The van der Waals surface area contributed by atoms with Crippen molar-refractivity contribution in [2.45, 2.75) is 20.3 Å². The van der Waals surface area contributed by atoms with Gasteiger partial charge in [-0.25, -0.2) is 9.97 Å². The van der Waals surface area contributed by atoms with Gasteiger partial charge in [-0.1, -0.05) is 6.58 Å². The molecule has 2 rings (SSSR count). The Kier molecular flexibility index (Phi) is 6.22. The van der Waals surface area contributed by atoms with Gasteiger partial charge < -0.3 is 5.73 Å². The van der Waals surface area contributed by atoms with E-state index < -0.39 is 0 Å². The summed E-state index contributed by atoms with van der Waals surface area (Å²) < 4.78 is 0. The molecule has 29 heavy (non-hydrogen) atoms. The fourth-order valence-corrected chi connectivity index (χ4v) is 2.87. The molecule has 1 aromatic heterocycles. The molecule has 1 aliphatic carbocycles. The zero-order valence-electron chi connectivity index (χ0n) is 16.3. The first-order valence-corrected chi connectivity index (χ1v) is 8.50. The van der Waals surface area contributed by atoms with Crippen LogP contribution in [0.2, 0.25) is 0 Å². The monoisotopic (exact) mass is 383 g/mol. The van der Waals surface area contributed by atoms with Crippen molar-refractivity contribution in [1.82, 2.24) is 14.9 Å². The van der Waals surface area contributed by atoms with Crippen LogP contribution in [0, 0.1) is 45.4 Å². The summed E-state index contributed by atoms with van der Waals surface area (Å²) in [6.45, 7) is 7.72. The van der Waals surface area contributed by atoms with E-state index in [9.17, 15) is 21.0 Å². The van der Waals surface area contributed by atoms with Crippen molar-refractivity contribution in [2.75, 3.05) is 13.6 Å². The van der Waals surface area contributed by atoms with E-state index >= 15 is 0 Å². The molecular weight excluding hydrogens is 366 g/mol. The average molecular weight is 383 g/mol. The molecular formula is C20H17N9. The lowest BCUT2D eigenvalue weighted by Crippen LogP contribution is -2.24. The Balaban J connectivity index is 2.92. The molecule has 1 heterocycles. The van der Waals surface area contributed by atoms with Gasteiger partial charge >= 0.3 is 0 Å². The van der Waals surface area contributed by atoms with Gasteiger partial charge in [0.15, 0.2) is 17.6 Å². The molecule has 0 aliphatic heterocycles. The number of nitrogens with two attached hydrogens (primary N) is 1. The number of rotatable bonds is 4. The van der Waals surface area contributed by atoms with E-state index in [0.717, 1.165) is 0 Å². The largest absolute Gasteiger partial charge is 0.330 e. The van der Waals surface area contributed by atoms with E-state index in [1.54, 1.807) is 13.8 Å². The molecule has 0 amide bonds. The van der Waals surface area contributed by atoms with Gasteiger partial charge in [0.1, 0.15) is 23.5 Å². The van der Waals surface area contributed by atoms with Crippen LogP contribution in [0.1, 0.15) is 43.0 Å². The molecule has 0 spiro atoms. The zero-order chi connectivity index (χ0) is 21.7. The van der Waals surface area contributed by atoms with Crippen LogP contribution in [-0.2, 0) is 0 Å². The minimum absolute atomic E-state index is 0.139. The van der Waals surface area contributed by atoms with E-state index in [0.29, 0.717) is 46.8 Å². The third-order valence-corrected chi connectivity index (χ3v) is 4.33. The van der Waals surface area contributed by atoms with E-state index in [4.69, 9.17) is 5.73 Å². The van der Waals surface area contributed by atoms with Crippen LogP contribution in [0.25, 0.3) is 11.3 Å². The number of hydrogen-bond acceptors (Lipinski definition) is 9. The van der Waals surface area contributed by atoms with Crippen molar-refractivity contribution < 1.29 is 0 Å². The first-order valence-electron chi connectivity index (χ1n) is 8.50. The molecule has 142 valence electrons. The molecule has 0 unspecified atom stereocenters. The minimum atomic E-state index is -0.142. The molecule has 0 fully saturated rings. The van der Waals surface area contributed by atoms with Crippen molar-refractivity contribution >= 4 is 17.0 Å². The maximum atomic E-state index is 9.45. The number of allylic oxidation sites excluding steroid dienone is 3. The van der Waals surface area contributed by atoms with Crippen LogP contribution in [0.4, 0.5) is 0 Å². The molecule has 0 radical (unpaired) electrons. The second-order valence-corrected chi connectivity index (χ2v) is 6.14. The number of hydrogen-bond donors (Lipinski definition) is 1. The second-order valence-electron chi connectivity index (χ2n) is 6.14. The molecule has 9 heteroatoms. The van der Waals surface area contributed by atoms with Gasteiger partial charge in [-0.2, -0.15) is 21.0 Å². The maximum absolute atomic E-state index is 9.45. The van der Waals surface area contributed by atoms with Crippen LogP contribution in [-0.4, -0.2) is 34.2 Å². The molecule has 1 aliphatic rings. The van der Waals surface area contributed by atoms with Gasteiger partial charge in [0.2, 0.25) is 0 Å². The summed E-state index contributed by atoms with van der Waals surface area (Å²) in [5, 5.41) is 37.3. The molecule has 0 saturated carbocycles. The number of aliphatic imine (C=N–C) groups is 1. The normalized spacial score (nSPS) is 14.9. The first kappa shape index (κ1) is 21.0. The number of nitrogens with zero attached hydrogens (tertiary/aromatic N) is 8. The highest BCUT2D eigenvalue weighted by atomic mass is 15.1. The van der Waals surface area contributed by atoms with E-state index in [2.05, 4.69) is 27.6 Å². The SMILES string of the molecule is C=C1C(=N/C(CCN)=C(\C)C#N)C(C)=C(N(C)C#N)c2nc(C#N)c(C#N)nc21. The van der Waals surface area contributed by atoms with Crippen LogP contribution < -0.4 is 5.73 Å². The van der Waals surface area contributed by atoms with Crippen LogP contribution in [0.5, 0.6) is 0 Å². The van der Waals surface area contributed by atoms with Crippen molar-refractivity contribution in [3.05, 3.63) is 46.2 Å². The topological polar surface area (TPSA) is 163 Å². The Hall–Kier alpha value is -4.31. The summed E-state index contributed by atoms with van der Waals surface area (Å²) in [4.78, 5) is 14.4. The van der Waals surface area contributed by atoms with Crippen LogP contribution >= 0.6 is 0 Å². The molecule has 2 N–H and O–H groups in total. The predicted octanol–water partition coefficient (Wildman–Crippen LogP) is 1.98. The number of nitriles is 4. The van der Waals surface area contributed by atoms with Gasteiger partial charge in [0, 0.05) is 30.2 Å². The Morgan fingerprint density at radius 3 is 2.21 bits per heavy atom. The smallest absolute Gasteiger partial charge is 0.184 e. The number of fused-ring (bicyclic) bond motifs is 1. The highest BCUT2D eigenvalue weighted by Crippen LogP contribution is 2.36. The Labute approximate surface area is 168 Å². The average Bonchev–Trinajstić information content (AvgIpc) is 2.74. The highest BCUT2D eigenvalue weighted by Gasteiger charge is 2.31. The summed E-state index contributed by atoms with van der Waals surface area (Å²) in [7, 11) is 1.54. The minimum Gasteiger partial charge on any atom is -0.330 e. The number of aromatic nitrogens is 2. The Morgan fingerprint density at radius 1 is 1.14 bits per heavy atom. The summed E-state index contributed by atoms with van der Waals surface area (Å²) in [6.07, 6.45) is 2.39. The molecule has 1 aromatic rings. The van der Waals surface area contributed by atoms with Crippen LogP contribution in [0.3, 0.4) is 0 Å². The van der Waals surface area contributed by atoms with Gasteiger partial charge in [-0.3, -0.25) is 9.89 Å². The molecule has 9 nitrogen and oxygen atoms in total. The van der Waals surface area contributed by atoms with E-state index in [1.807, 2.05) is 18.3 Å². The third kappa shape index (κ3) is 3.73. The Bertz CT molecular complexity index is 1150. The van der Waals surface area contributed by atoms with Crippen molar-refractivity contribution in [3.63, 3.8) is 0 Å². The quantitative estimate of drug-likeness (QED) is 0.468. The summed E-state index contributed by atoms with van der Waals surface area (Å²) in [6, 6.07) is 5.77. The lowest BCUT2D eigenvalue weighted by molar-refractivity contribution is 0.667. The molecule has 0 atom stereocenters. The lowest BCUT2D eigenvalue weighted by Gasteiger charge is -2.26. The van der Waals surface area contributed by atoms with Gasteiger partial charge in [-0.15, -0.1) is 0 Å². The fourth-order valence-electron chi connectivity index (χ4n) is 2.87. The zero-order valence-corrected chi connectivity index (χ0v) is 16.3. The maximum Gasteiger partial charge on any atom is 0.184 e. The van der Waals surface area contributed by atoms with E-state index in [1.165, 1.54) is 11.9 Å². The second kappa shape index (κ2) is 8.59. The highest BCUT2D eigenvalue weighted by molar-refractivity contribution is 6.35. The third-order valence-electron chi connectivity index (χ3n) is 4.33. The standard InChI is InChI=1S/C20H17N9/c1-11(7-22)14(5-6-21)26-17-12(2)18-19(20(13(17)3)29(4)10-25)28-16(9-24)15(8-23)27-18/h2,5-6,21H2,1,3-4H3/b14-11+,26-17?. The lowest BCUT2D eigenvalue weighted by atomic mass is 9.90. The van der Waals surface area contributed by atoms with Crippen molar-refractivity contribution in [3.8, 4) is 24.4 Å². The van der Waals surface area contributed by atoms with Crippen molar-refractivity contribution in [1.29, 1.82) is 21.0 Å². The predicted molar refractivity (Wildman–Crippen MR) is 106 cm³/mol. The van der Waals surface area contributed by atoms with Crippen molar-refractivity contribution in [2.24, 2.45) is 10.7 Å². The molecule has 0 saturated heterocycles. The summed E-state index contributed by atoms with van der Waals surface area (Å²) in [5.74, 6) is 0. The van der Waals surface area contributed by atoms with Gasteiger partial charge in [-0.05, 0) is 20.4 Å². The molecule has 0 bridgehead atoms. The van der Waals surface area contributed by atoms with E-state index in [-0.39, 0.29) is 22.8 Å². The summed E-state index contributed by atoms with van der Waals surface area (Å²) >= 11 is 0. The summed E-state index contributed by atoms with van der Waals surface area (Å²) in [5.41, 5.74) is 8.56. The first-order chi connectivity index (χ1) is 13.8.